The van der Waals surface area contributed by atoms with Crippen LogP contribution in [0.2, 0.25) is 0 Å². The zero-order valence-electron chi connectivity index (χ0n) is 7.88. The third-order valence-electron chi connectivity index (χ3n) is 1.59. The van der Waals surface area contributed by atoms with Gasteiger partial charge in [0.15, 0.2) is 0 Å². The highest BCUT2D eigenvalue weighted by atomic mass is 31.2. The van der Waals surface area contributed by atoms with E-state index >= 15 is 0 Å². The minimum atomic E-state index is -3.52. The van der Waals surface area contributed by atoms with Gasteiger partial charge in [-0.15, -0.1) is 0 Å². The van der Waals surface area contributed by atoms with Gasteiger partial charge in [-0.25, -0.2) is 0 Å². The molecule has 0 radical (unpaired) electrons. The summed E-state index contributed by atoms with van der Waals surface area (Å²) in [5.41, 5.74) is -0.446. The molecule has 2 atom stereocenters. The number of hydrogen-bond acceptors (Lipinski definition) is 4. The first kappa shape index (κ1) is 13.1. The lowest BCUT2D eigenvalue weighted by Crippen LogP contribution is -2.15. The van der Waals surface area contributed by atoms with Crippen molar-refractivity contribution >= 4 is 7.60 Å². The topological polar surface area (TPSA) is 87.0 Å². The largest absolute Gasteiger partial charge is 0.394 e. The molecular weight excluding hydrogens is 195 g/mol. The van der Waals surface area contributed by atoms with Crippen LogP contribution in [0.3, 0.4) is 0 Å². The van der Waals surface area contributed by atoms with Crippen LogP contribution in [0.4, 0.5) is 0 Å². The van der Waals surface area contributed by atoms with Crippen molar-refractivity contribution in [2.75, 3.05) is 13.2 Å². The molecule has 80 valence electrons. The summed E-state index contributed by atoms with van der Waals surface area (Å²) in [6, 6.07) is 0. The molecule has 0 aromatic rings. The Morgan fingerprint density at radius 2 is 2.00 bits per heavy atom. The first-order valence-corrected chi connectivity index (χ1v) is 5.80. The van der Waals surface area contributed by atoms with Crippen LogP contribution in [0, 0.1) is 0 Å². The molecule has 0 spiro atoms. The van der Waals surface area contributed by atoms with Gasteiger partial charge in [0.1, 0.15) is 0 Å². The lowest BCUT2D eigenvalue weighted by Gasteiger charge is -2.16. The Morgan fingerprint density at radius 3 is 2.38 bits per heavy atom. The normalized spacial score (nSPS) is 18.6. The molecule has 3 N–H and O–H groups in total. The van der Waals surface area contributed by atoms with E-state index in [1.54, 1.807) is 13.8 Å². The van der Waals surface area contributed by atoms with Crippen molar-refractivity contribution in [3.63, 3.8) is 0 Å². The van der Waals surface area contributed by atoms with E-state index in [-0.39, 0.29) is 19.6 Å². The molecule has 0 aromatic carbocycles. The van der Waals surface area contributed by atoms with Crippen LogP contribution in [0.1, 0.15) is 20.3 Å². The second kappa shape index (κ2) is 5.73. The molecule has 5 nitrogen and oxygen atoms in total. The molecule has 0 aromatic heterocycles. The third kappa shape index (κ3) is 5.39. The standard InChI is InChI=1S/C7H17O5P/c1-6(2)13(10,11)12-4-3-7(9)5-8/h6-9H,3-5H2,1-2H3,(H,10,11). The van der Waals surface area contributed by atoms with Crippen LogP contribution in [0.25, 0.3) is 0 Å². The fourth-order valence-corrected chi connectivity index (χ4v) is 1.23. The number of rotatable bonds is 6. The van der Waals surface area contributed by atoms with Crippen molar-refractivity contribution in [3.05, 3.63) is 0 Å². The molecule has 6 heteroatoms. The lowest BCUT2D eigenvalue weighted by atomic mass is 10.3. The molecule has 2 unspecified atom stereocenters. The quantitative estimate of drug-likeness (QED) is 0.552. The van der Waals surface area contributed by atoms with E-state index in [4.69, 9.17) is 19.6 Å². The van der Waals surface area contributed by atoms with Crippen molar-refractivity contribution < 1.29 is 24.2 Å². The molecule has 0 aliphatic heterocycles. The van der Waals surface area contributed by atoms with Gasteiger partial charge in [-0.05, 0) is 6.42 Å². The Hall–Kier alpha value is 0.0700. The van der Waals surface area contributed by atoms with E-state index in [2.05, 4.69) is 0 Å². The predicted molar refractivity (Wildman–Crippen MR) is 48.6 cm³/mol. The first-order chi connectivity index (χ1) is 5.90. The van der Waals surface area contributed by atoms with Crippen molar-refractivity contribution in [2.45, 2.75) is 32.0 Å². The second-order valence-corrected chi connectivity index (χ2v) is 5.54. The Kier molecular flexibility index (Phi) is 5.76. The van der Waals surface area contributed by atoms with Crippen molar-refractivity contribution in [1.82, 2.24) is 0 Å². The molecule has 0 aliphatic carbocycles. The molecule has 0 rings (SSSR count). The van der Waals surface area contributed by atoms with Crippen LogP contribution >= 0.6 is 7.60 Å². The fraction of sp³-hybridized carbons (Fsp3) is 1.00. The molecule has 0 amide bonds. The molecule has 0 saturated carbocycles. The SMILES string of the molecule is CC(C)P(=O)(O)OCCC(O)CO. The van der Waals surface area contributed by atoms with Gasteiger partial charge in [0.05, 0.1) is 25.0 Å². The smallest absolute Gasteiger partial charge is 0.330 e. The van der Waals surface area contributed by atoms with Crippen molar-refractivity contribution in [3.8, 4) is 0 Å². The summed E-state index contributed by atoms with van der Waals surface area (Å²) < 4.78 is 15.9. The van der Waals surface area contributed by atoms with Crippen molar-refractivity contribution in [2.24, 2.45) is 0 Å². The monoisotopic (exact) mass is 212 g/mol. The third-order valence-corrected chi connectivity index (χ3v) is 3.45. The summed E-state index contributed by atoms with van der Waals surface area (Å²) in [6.45, 7) is 2.79. The average molecular weight is 212 g/mol. The van der Waals surface area contributed by atoms with Gasteiger partial charge in [0.25, 0.3) is 0 Å². The molecule has 0 aliphatic rings. The minimum Gasteiger partial charge on any atom is -0.394 e. The van der Waals surface area contributed by atoms with Gasteiger partial charge in [-0.3, -0.25) is 4.57 Å². The van der Waals surface area contributed by atoms with E-state index in [1.165, 1.54) is 0 Å². The Bertz CT molecular complexity index is 182. The molecular formula is C7H17O5P. The van der Waals surface area contributed by atoms with Crippen LogP contribution in [0.15, 0.2) is 0 Å². The fourth-order valence-electron chi connectivity index (χ4n) is 0.560. The number of aliphatic hydroxyl groups excluding tert-OH is 2. The summed E-state index contributed by atoms with van der Waals surface area (Å²) in [7, 11) is -3.52. The van der Waals surface area contributed by atoms with E-state index in [0.717, 1.165) is 0 Å². The summed E-state index contributed by atoms with van der Waals surface area (Å²) in [5.74, 6) is 0. The van der Waals surface area contributed by atoms with Crippen LogP contribution in [0.5, 0.6) is 0 Å². The van der Waals surface area contributed by atoms with Gasteiger partial charge in [0.2, 0.25) is 0 Å². The van der Waals surface area contributed by atoms with Gasteiger partial charge in [-0.1, -0.05) is 13.8 Å². The maximum absolute atomic E-state index is 11.2. The minimum absolute atomic E-state index is 0.0202. The Balaban J connectivity index is 3.70. The van der Waals surface area contributed by atoms with Gasteiger partial charge in [0, 0.05) is 0 Å². The molecule has 0 heterocycles. The van der Waals surface area contributed by atoms with Gasteiger partial charge in [-0.2, -0.15) is 0 Å². The zero-order chi connectivity index (χ0) is 10.5. The van der Waals surface area contributed by atoms with Crippen LogP contribution in [-0.4, -0.2) is 40.1 Å². The predicted octanol–water partition coefficient (Wildman–Crippen LogP) is 0.340. The van der Waals surface area contributed by atoms with E-state index in [0.29, 0.717) is 0 Å². The Labute approximate surface area is 77.9 Å². The van der Waals surface area contributed by atoms with Gasteiger partial charge >= 0.3 is 7.60 Å². The zero-order valence-corrected chi connectivity index (χ0v) is 8.78. The summed E-state index contributed by atoms with van der Waals surface area (Å²) >= 11 is 0. The van der Waals surface area contributed by atoms with E-state index in [9.17, 15) is 4.57 Å². The van der Waals surface area contributed by atoms with Gasteiger partial charge < -0.3 is 19.6 Å². The first-order valence-electron chi connectivity index (χ1n) is 4.16. The molecule has 0 saturated heterocycles. The van der Waals surface area contributed by atoms with Crippen LogP contribution in [-0.2, 0) is 9.09 Å². The number of hydrogen-bond donors (Lipinski definition) is 3. The summed E-state index contributed by atoms with van der Waals surface area (Å²) in [5, 5.41) is 17.3. The van der Waals surface area contributed by atoms with E-state index in [1.807, 2.05) is 0 Å². The number of aliphatic hydroxyl groups is 2. The maximum Gasteiger partial charge on any atom is 0.330 e. The maximum atomic E-state index is 11.2. The molecule has 0 fully saturated rings. The molecule has 0 bridgehead atoms. The summed E-state index contributed by atoms with van der Waals surface area (Å²) in [4.78, 5) is 9.17. The lowest BCUT2D eigenvalue weighted by molar-refractivity contribution is 0.0735. The second-order valence-electron chi connectivity index (χ2n) is 3.12. The average Bonchev–Trinajstić information content (AvgIpc) is 2.03. The highest BCUT2D eigenvalue weighted by Gasteiger charge is 2.24. The van der Waals surface area contributed by atoms with E-state index < -0.39 is 19.4 Å². The molecule has 13 heavy (non-hydrogen) atoms. The highest BCUT2D eigenvalue weighted by molar-refractivity contribution is 7.53. The summed E-state index contributed by atoms with van der Waals surface area (Å²) in [6.07, 6.45) is -0.722. The Morgan fingerprint density at radius 1 is 1.46 bits per heavy atom. The highest BCUT2D eigenvalue weighted by Crippen LogP contribution is 2.46. The van der Waals surface area contributed by atoms with Crippen LogP contribution < -0.4 is 0 Å². The van der Waals surface area contributed by atoms with Crippen molar-refractivity contribution in [1.29, 1.82) is 0 Å².